The van der Waals surface area contributed by atoms with E-state index in [9.17, 15) is 8.42 Å². The lowest BCUT2D eigenvalue weighted by Crippen LogP contribution is -2.42. The van der Waals surface area contributed by atoms with Gasteiger partial charge in [-0.15, -0.1) is 0 Å². The van der Waals surface area contributed by atoms with Gasteiger partial charge in [0.2, 0.25) is 10.0 Å². The standard InChI is InChI=1S/C17H23NO2S/c1-4-15-11-18(12-17(15)10-9-14(17)3)21(19,20)16-7-5-13(2)6-8-16/h4-8,14H,9-12H2,1-3H3/b15-4+. The van der Waals surface area contributed by atoms with Gasteiger partial charge >= 0.3 is 0 Å². The minimum Gasteiger partial charge on any atom is -0.207 e. The molecule has 2 fully saturated rings. The third-order valence-corrected chi connectivity index (χ3v) is 7.22. The van der Waals surface area contributed by atoms with Crippen molar-refractivity contribution in [1.29, 1.82) is 0 Å². The molecule has 0 bridgehead atoms. The highest BCUT2D eigenvalue weighted by molar-refractivity contribution is 7.89. The molecule has 1 saturated heterocycles. The van der Waals surface area contributed by atoms with Gasteiger partial charge in [-0.05, 0) is 44.7 Å². The number of rotatable bonds is 2. The molecule has 0 amide bonds. The Bertz CT molecular complexity index is 675. The number of aryl methyl sites for hydroxylation is 1. The molecule has 21 heavy (non-hydrogen) atoms. The second-order valence-corrected chi connectivity index (χ2v) is 8.43. The first kappa shape index (κ1) is 14.8. The van der Waals surface area contributed by atoms with Gasteiger partial charge in [0, 0.05) is 18.5 Å². The topological polar surface area (TPSA) is 37.4 Å². The molecule has 1 aliphatic heterocycles. The summed E-state index contributed by atoms with van der Waals surface area (Å²) in [5.41, 5.74) is 2.48. The SMILES string of the molecule is C/C=C1\CN(S(=O)(=O)c2ccc(C)cc2)CC12CCC2C. The van der Waals surface area contributed by atoms with E-state index in [0.29, 0.717) is 23.9 Å². The van der Waals surface area contributed by atoms with Gasteiger partial charge in [0.15, 0.2) is 0 Å². The summed E-state index contributed by atoms with van der Waals surface area (Å²) in [5.74, 6) is 0.585. The van der Waals surface area contributed by atoms with Crippen LogP contribution in [0.4, 0.5) is 0 Å². The third kappa shape index (κ3) is 2.16. The maximum absolute atomic E-state index is 12.8. The summed E-state index contributed by atoms with van der Waals surface area (Å²) in [7, 11) is -3.38. The molecule has 114 valence electrons. The minimum absolute atomic E-state index is 0.104. The van der Waals surface area contributed by atoms with Crippen LogP contribution in [0.3, 0.4) is 0 Å². The normalized spacial score (nSPS) is 31.8. The molecule has 0 N–H and O–H groups in total. The van der Waals surface area contributed by atoms with Crippen LogP contribution < -0.4 is 0 Å². The zero-order chi connectivity index (χ0) is 15.3. The Morgan fingerprint density at radius 3 is 2.38 bits per heavy atom. The van der Waals surface area contributed by atoms with Crippen LogP contribution in [0.1, 0.15) is 32.3 Å². The zero-order valence-corrected chi connectivity index (χ0v) is 13.8. The monoisotopic (exact) mass is 305 g/mol. The molecule has 3 rings (SSSR count). The van der Waals surface area contributed by atoms with Crippen LogP contribution in [0, 0.1) is 18.3 Å². The van der Waals surface area contributed by atoms with E-state index in [1.165, 1.54) is 12.0 Å². The van der Waals surface area contributed by atoms with E-state index in [0.717, 1.165) is 12.0 Å². The Balaban J connectivity index is 1.93. The molecule has 2 aliphatic rings. The molecule has 1 saturated carbocycles. The van der Waals surface area contributed by atoms with Gasteiger partial charge in [0.05, 0.1) is 4.90 Å². The second kappa shape index (κ2) is 4.96. The molecular weight excluding hydrogens is 282 g/mol. The fraction of sp³-hybridized carbons (Fsp3) is 0.529. The lowest BCUT2D eigenvalue weighted by Gasteiger charge is -2.46. The summed E-state index contributed by atoms with van der Waals surface area (Å²) >= 11 is 0. The van der Waals surface area contributed by atoms with Crippen molar-refractivity contribution >= 4 is 10.0 Å². The van der Waals surface area contributed by atoms with Crippen molar-refractivity contribution in [2.75, 3.05) is 13.1 Å². The second-order valence-electron chi connectivity index (χ2n) is 6.50. The molecule has 1 aromatic rings. The van der Waals surface area contributed by atoms with Crippen LogP contribution in [0.15, 0.2) is 40.8 Å². The highest BCUT2D eigenvalue weighted by Gasteiger charge is 2.53. The summed E-state index contributed by atoms with van der Waals surface area (Å²) in [6, 6.07) is 7.16. The van der Waals surface area contributed by atoms with Gasteiger partial charge in [-0.3, -0.25) is 0 Å². The van der Waals surface area contributed by atoms with E-state index in [1.54, 1.807) is 16.4 Å². The largest absolute Gasteiger partial charge is 0.243 e. The van der Waals surface area contributed by atoms with Gasteiger partial charge in [0.1, 0.15) is 0 Å². The Morgan fingerprint density at radius 1 is 1.29 bits per heavy atom. The summed E-state index contributed by atoms with van der Waals surface area (Å²) < 4.78 is 27.4. The molecule has 1 aliphatic carbocycles. The number of hydrogen-bond acceptors (Lipinski definition) is 2. The molecule has 3 nitrogen and oxygen atoms in total. The lowest BCUT2D eigenvalue weighted by molar-refractivity contribution is 0.0979. The highest BCUT2D eigenvalue weighted by Crippen LogP contribution is 2.56. The molecule has 2 atom stereocenters. The van der Waals surface area contributed by atoms with Crippen LogP contribution in [0.25, 0.3) is 0 Å². The number of nitrogens with zero attached hydrogens (tertiary/aromatic N) is 1. The van der Waals surface area contributed by atoms with E-state index in [1.807, 2.05) is 26.0 Å². The number of sulfonamides is 1. The van der Waals surface area contributed by atoms with E-state index in [-0.39, 0.29) is 5.41 Å². The maximum Gasteiger partial charge on any atom is 0.243 e. The Hall–Kier alpha value is -1.13. The number of benzene rings is 1. The van der Waals surface area contributed by atoms with Crippen molar-refractivity contribution in [2.45, 2.75) is 38.5 Å². The van der Waals surface area contributed by atoms with Crippen molar-refractivity contribution in [1.82, 2.24) is 4.31 Å². The molecule has 0 radical (unpaired) electrons. The van der Waals surface area contributed by atoms with Crippen molar-refractivity contribution in [2.24, 2.45) is 11.3 Å². The minimum atomic E-state index is -3.38. The van der Waals surface area contributed by atoms with E-state index in [2.05, 4.69) is 13.0 Å². The summed E-state index contributed by atoms with van der Waals surface area (Å²) in [5, 5.41) is 0. The summed E-state index contributed by atoms with van der Waals surface area (Å²) in [6.45, 7) is 7.44. The highest BCUT2D eigenvalue weighted by atomic mass is 32.2. The fourth-order valence-corrected chi connectivity index (χ4v) is 5.21. The van der Waals surface area contributed by atoms with Crippen molar-refractivity contribution in [3.05, 3.63) is 41.5 Å². The van der Waals surface area contributed by atoms with Crippen molar-refractivity contribution in [3.63, 3.8) is 0 Å². The first-order valence-electron chi connectivity index (χ1n) is 7.62. The predicted octanol–water partition coefficient (Wildman–Crippen LogP) is 3.36. The molecular formula is C17H23NO2S. The van der Waals surface area contributed by atoms with Gasteiger partial charge in [-0.2, -0.15) is 4.31 Å². The van der Waals surface area contributed by atoms with E-state index < -0.39 is 10.0 Å². The summed E-state index contributed by atoms with van der Waals surface area (Å²) in [6.07, 6.45) is 4.45. The molecule has 1 aromatic carbocycles. The maximum atomic E-state index is 12.8. The predicted molar refractivity (Wildman–Crippen MR) is 84.5 cm³/mol. The van der Waals surface area contributed by atoms with Gasteiger partial charge in [-0.1, -0.05) is 36.3 Å². The van der Waals surface area contributed by atoms with Crippen LogP contribution in [-0.4, -0.2) is 25.8 Å². The summed E-state index contributed by atoms with van der Waals surface area (Å²) in [4.78, 5) is 0.410. The number of hydrogen-bond donors (Lipinski definition) is 0. The third-order valence-electron chi connectivity index (χ3n) is 5.42. The molecule has 4 heteroatoms. The first-order chi connectivity index (χ1) is 9.90. The van der Waals surface area contributed by atoms with Gasteiger partial charge in [0.25, 0.3) is 0 Å². The smallest absolute Gasteiger partial charge is 0.207 e. The van der Waals surface area contributed by atoms with Gasteiger partial charge in [-0.25, -0.2) is 8.42 Å². The van der Waals surface area contributed by atoms with Crippen molar-refractivity contribution in [3.8, 4) is 0 Å². The average Bonchev–Trinajstić information content (AvgIpc) is 2.89. The first-order valence-corrected chi connectivity index (χ1v) is 9.06. The zero-order valence-electron chi connectivity index (χ0n) is 13.0. The molecule has 0 aromatic heterocycles. The lowest BCUT2D eigenvalue weighted by atomic mass is 9.58. The molecule has 2 unspecified atom stereocenters. The van der Waals surface area contributed by atoms with Crippen LogP contribution in [0.5, 0.6) is 0 Å². The van der Waals surface area contributed by atoms with Crippen LogP contribution >= 0.6 is 0 Å². The molecule has 1 spiro atoms. The quantitative estimate of drug-likeness (QED) is 0.786. The average molecular weight is 305 g/mol. The number of allylic oxidation sites excluding steroid dienone is 1. The van der Waals surface area contributed by atoms with Crippen molar-refractivity contribution < 1.29 is 8.42 Å². The van der Waals surface area contributed by atoms with E-state index in [4.69, 9.17) is 0 Å². The van der Waals surface area contributed by atoms with Gasteiger partial charge < -0.3 is 0 Å². The van der Waals surface area contributed by atoms with Crippen LogP contribution in [0.2, 0.25) is 0 Å². The Labute approximate surface area is 127 Å². The Morgan fingerprint density at radius 2 is 1.95 bits per heavy atom. The fourth-order valence-electron chi connectivity index (χ4n) is 3.72. The van der Waals surface area contributed by atoms with E-state index >= 15 is 0 Å². The van der Waals surface area contributed by atoms with Crippen LogP contribution in [-0.2, 0) is 10.0 Å². The Kier molecular flexibility index (Phi) is 3.49. The molecule has 1 heterocycles.